The summed E-state index contributed by atoms with van der Waals surface area (Å²) in [5.74, 6) is -0.390. The number of aliphatic hydroxyl groups excluding tert-OH is 1. The van der Waals surface area contributed by atoms with Gasteiger partial charge in [-0.1, -0.05) is 45.4 Å². The molecular weight excluding hydrogens is 498 g/mol. The van der Waals surface area contributed by atoms with E-state index in [1.54, 1.807) is 49.4 Å². The van der Waals surface area contributed by atoms with Crippen molar-refractivity contribution in [2.75, 3.05) is 13.4 Å². The van der Waals surface area contributed by atoms with Gasteiger partial charge >= 0.3 is 5.97 Å². The summed E-state index contributed by atoms with van der Waals surface area (Å²) in [6.45, 7) is 3.82. The van der Waals surface area contributed by atoms with Gasteiger partial charge < -0.3 is 19.3 Å². The highest BCUT2D eigenvalue weighted by Gasteiger charge is 2.34. The number of nitrogens with zero attached hydrogens (tertiary/aromatic N) is 1. The van der Waals surface area contributed by atoms with Gasteiger partial charge in [0.05, 0.1) is 11.5 Å². The van der Waals surface area contributed by atoms with Gasteiger partial charge in [-0.25, -0.2) is 9.79 Å². The predicted octanol–water partition coefficient (Wildman–Crippen LogP) is 5.19. The molecule has 2 aromatic carbocycles. The number of carbonyl (C=O) groups is 2. The number of fused-ring (bicyclic) bond motifs is 1. The average molecular weight is 516 g/mol. The minimum Gasteiger partial charge on any atom is -0.506 e. The lowest BCUT2D eigenvalue weighted by Gasteiger charge is -2.04. The topological polar surface area (TPSA) is 94.4 Å². The molecule has 1 amide bonds. The van der Waals surface area contributed by atoms with Crippen molar-refractivity contribution < 1.29 is 28.9 Å². The smallest absolute Gasteiger partial charge is 0.344 e. The summed E-state index contributed by atoms with van der Waals surface area (Å²) in [7, 11) is 0. The molecule has 0 fully saturated rings. The maximum absolute atomic E-state index is 12.7. The number of benzene rings is 2. The maximum atomic E-state index is 12.7. The first-order chi connectivity index (χ1) is 15.4. The Balaban J connectivity index is 1.73. The molecule has 0 unspecified atom stereocenters. The predicted molar refractivity (Wildman–Crippen MR) is 125 cm³/mol. The van der Waals surface area contributed by atoms with Gasteiger partial charge in [0.1, 0.15) is 16.4 Å². The van der Waals surface area contributed by atoms with E-state index in [4.69, 9.17) is 14.2 Å². The van der Waals surface area contributed by atoms with E-state index in [2.05, 4.69) is 20.9 Å². The third-order valence-electron chi connectivity index (χ3n) is 4.65. The number of amides is 1. The Morgan fingerprint density at radius 2 is 1.91 bits per heavy atom. The Labute approximate surface area is 196 Å². The van der Waals surface area contributed by atoms with Crippen LogP contribution in [0.1, 0.15) is 28.4 Å². The van der Waals surface area contributed by atoms with E-state index in [9.17, 15) is 14.7 Å². The van der Waals surface area contributed by atoms with Crippen LogP contribution in [0.5, 0.6) is 11.5 Å². The van der Waals surface area contributed by atoms with Gasteiger partial charge in [0.25, 0.3) is 5.91 Å². The molecule has 0 saturated heterocycles. The standard InChI is InChI=1S/C23H18BrNO6S/c1-3-29-23(28)19-20(26)18(9-14-8-16-17(10-15(14)24)31-11-30-16)32-22(19)25-21(27)13-6-4-12(2)5-7-13/h4-10,26H,3,11H2,1-2H3/b18-9-,25-22?. The normalized spacial score (nSPS) is 17.3. The van der Waals surface area contributed by atoms with Crippen molar-refractivity contribution in [3.05, 3.63) is 73.8 Å². The highest BCUT2D eigenvalue weighted by molar-refractivity contribution is 9.10. The Bertz CT molecular complexity index is 1200. The Morgan fingerprint density at radius 3 is 2.59 bits per heavy atom. The zero-order valence-electron chi connectivity index (χ0n) is 17.2. The van der Waals surface area contributed by atoms with Crippen molar-refractivity contribution in [2.45, 2.75) is 13.8 Å². The molecule has 0 atom stereocenters. The molecule has 2 aromatic rings. The number of aryl methyl sites for hydroxylation is 1. The zero-order valence-corrected chi connectivity index (χ0v) is 19.6. The minimum absolute atomic E-state index is 0.0784. The number of aliphatic imine (C=N–C) groups is 1. The maximum Gasteiger partial charge on any atom is 0.344 e. The fraction of sp³-hybridized carbons (Fsp3) is 0.174. The average Bonchev–Trinajstić information content (AvgIpc) is 3.32. The number of aliphatic hydroxyl groups is 1. The fourth-order valence-electron chi connectivity index (χ4n) is 3.03. The van der Waals surface area contributed by atoms with Crippen LogP contribution in [0.4, 0.5) is 0 Å². The second-order valence-electron chi connectivity index (χ2n) is 6.87. The molecule has 9 heteroatoms. The number of carbonyl (C=O) groups excluding carboxylic acids is 2. The molecule has 1 N–H and O–H groups in total. The van der Waals surface area contributed by atoms with Gasteiger partial charge in [-0.2, -0.15) is 0 Å². The third kappa shape index (κ3) is 4.44. The SMILES string of the molecule is CCOC(=O)C1=C(O)/C(=C/c2cc3c(cc2Br)OCO3)SC1=NC(=O)c1ccc(C)cc1. The largest absolute Gasteiger partial charge is 0.506 e. The molecule has 0 aromatic heterocycles. The molecular formula is C23H18BrNO6S. The number of thioether (sulfide) groups is 1. The van der Waals surface area contributed by atoms with Gasteiger partial charge in [0.2, 0.25) is 6.79 Å². The molecule has 4 rings (SSSR count). The van der Waals surface area contributed by atoms with Crippen molar-refractivity contribution in [2.24, 2.45) is 4.99 Å². The lowest BCUT2D eigenvalue weighted by atomic mass is 10.1. The summed E-state index contributed by atoms with van der Waals surface area (Å²) in [6, 6.07) is 10.4. The van der Waals surface area contributed by atoms with E-state index >= 15 is 0 Å². The second kappa shape index (κ2) is 9.22. The molecule has 32 heavy (non-hydrogen) atoms. The van der Waals surface area contributed by atoms with Crippen LogP contribution in [0.3, 0.4) is 0 Å². The molecule has 0 spiro atoms. The van der Waals surface area contributed by atoms with Crippen molar-refractivity contribution in [3.63, 3.8) is 0 Å². The van der Waals surface area contributed by atoms with E-state index in [1.807, 2.05) is 6.92 Å². The van der Waals surface area contributed by atoms with Gasteiger partial charge in [-0.15, -0.1) is 0 Å². The van der Waals surface area contributed by atoms with Crippen molar-refractivity contribution in [1.82, 2.24) is 0 Å². The number of rotatable bonds is 4. The summed E-state index contributed by atoms with van der Waals surface area (Å²) >= 11 is 4.49. The molecule has 0 radical (unpaired) electrons. The lowest BCUT2D eigenvalue weighted by molar-refractivity contribution is -0.138. The van der Waals surface area contributed by atoms with Crippen molar-refractivity contribution in [1.29, 1.82) is 0 Å². The number of hydrogen-bond acceptors (Lipinski definition) is 7. The van der Waals surface area contributed by atoms with Crippen LogP contribution in [0, 0.1) is 6.92 Å². The molecule has 7 nitrogen and oxygen atoms in total. The van der Waals surface area contributed by atoms with E-state index in [-0.39, 0.29) is 29.8 Å². The van der Waals surface area contributed by atoms with Gasteiger partial charge in [-0.3, -0.25) is 4.79 Å². The van der Waals surface area contributed by atoms with E-state index in [1.165, 1.54) is 0 Å². The molecule has 2 heterocycles. The van der Waals surface area contributed by atoms with Crippen LogP contribution in [-0.4, -0.2) is 35.4 Å². The van der Waals surface area contributed by atoms with Crippen LogP contribution in [0.25, 0.3) is 6.08 Å². The molecule has 2 aliphatic rings. The first kappa shape index (κ1) is 22.2. The minimum atomic E-state index is -0.749. The second-order valence-corrected chi connectivity index (χ2v) is 8.75. The number of ether oxygens (including phenoxy) is 3. The van der Waals surface area contributed by atoms with E-state index in [0.717, 1.165) is 17.3 Å². The van der Waals surface area contributed by atoms with E-state index in [0.29, 0.717) is 32.0 Å². The first-order valence-electron chi connectivity index (χ1n) is 9.67. The Hall–Kier alpha value is -3.04. The fourth-order valence-corrected chi connectivity index (χ4v) is 4.47. The Morgan fingerprint density at radius 1 is 1.22 bits per heavy atom. The van der Waals surface area contributed by atoms with Crippen LogP contribution >= 0.6 is 27.7 Å². The summed E-state index contributed by atoms with van der Waals surface area (Å²) in [4.78, 5) is 29.7. The van der Waals surface area contributed by atoms with Crippen LogP contribution in [0.15, 0.2) is 62.1 Å². The highest BCUT2D eigenvalue weighted by Crippen LogP contribution is 2.42. The van der Waals surface area contributed by atoms with Gasteiger partial charge in [-0.05, 0) is 49.8 Å². The summed E-state index contributed by atoms with van der Waals surface area (Å²) in [5.41, 5.74) is 1.94. The summed E-state index contributed by atoms with van der Waals surface area (Å²) in [5, 5.41) is 10.9. The van der Waals surface area contributed by atoms with Crippen molar-refractivity contribution >= 4 is 50.7 Å². The van der Waals surface area contributed by atoms with Crippen LogP contribution in [-0.2, 0) is 9.53 Å². The Kier molecular flexibility index (Phi) is 6.38. The zero-order chi connectivity index (χ0) is 22.8. The number of halogens is 1. The first-order valence-corrected chi connectivity index (χ1v) is 11.3. The summed E-state index contributed by atoms with van der Waals surface area (Å²) < 4.78 is 16.6. The highest BCUT2D eigenvalue weighted by atomic mass is 79.9. The van der Waals surface area contributed by atoms with Crippen molar-refractivity contribution in [3.8, 4) is 11.5 Å². The number of esters is 1. The molecule has 164 valence electrons. The molecule has 0 bridgehead atoms. The third-order valence-corrected chi connectivity index (χ3v) is 6.36. The van der Waals surface area contributed by atoms with Gasteiger partial charge in [0, 0.05) is 10.0 Å². The van der Waals surface area contributed by atoms with E-state index < -0.39 is 11.9 Å². The van der Waals surface area contributed by atoms with Gasteiger partial charge in [0.15, 0.2) is 11.5 Å². The van der Waals surface area contributed by atoms with Crippen LogP contribution in [0.2, 0.25) is 0 Å². The molecule has 2 aliphatic heterocycles. The molecule has 0 aliphatic carbocycles. The lowest BCUT2D eigenvalue weighted by Crippen LogP contribution is -2.14. The van der Waals surface area contributed by atoms with Crippen LogP contribution < -0.4 is 9.47 Å². The quantitative estimate of drug-likeness (QED) is 0.559. The molecule has 0 saturated carbocycles. The monoisotopic (exact) mass is 515 g/mol. The number of hydrogen-bond donors (Lipinski definition) is 1. The summed E-state index contributed by atoms with van der Waals surface area (Å²) in [6.07, 6.45) is 1.67.